The minimum absolute atomic E-state index is 0.404. The molecule has 0 saturated carbocycles. The standard InChI is InChI=1S/C20H25N3O3/c1-3-4-14-25-15(2)20(24)26-17-11-9-16(10-12-17)19-22-21-18-8-6-5-7-13-23(18)19/h3,9-12,15H,1,4-8,13-14H2,2H3. The van der Waals surface area contributed by atoms with Crippen LogP contribution in [0.5, 0.6) is 5.75 Å². The number of hydrogen-bond acceptors (Lipinski definition) is 5. The number of aryl methyl sites for hydroxylation is 1. The van der Waals surface area contributed by atoms with E-state index in [1.807, 2.05) is 12.1 Å². The van der Waals surface area contributed by atoms with Gasteiger partial charge in [0.25, 0.3) is 0 Å². The van der Waals surface area contributed by atoms with Crippen LogP contribution in [0.4, 0.5) is 0 Å². The molecule has 0 spiro atoms. The molecule has 6 heteroatoms. The van der Waals surface area contributed by atoms with Gasteiger partial charge in [0.2, 0.25) is 0 Å². The summed E-state index contributed by atoms with van der Waals surface area (Å²) < 4.78 is 13.0. The van der Waals surface area contributed by atoms with Crippen LogP contribution >= 0.6 is 0 Å². The summed E-state index contributed by atoms with van der Waals surface area (Å²) >= 11 is 0. The highest BCUT2D eigenvalue weighted by Crippen LogP contribution is 2.24. The molecule has 1 aliphatic rings. The fourth-order valence-electron chi connectivity index (χ4n) is 2.97. The van der Waals surface area contributed by atoms with E-state index in [1.54, 1.807) is 25.1 Å². The van der Waals surface area contributed by atoms with Gasteiger partial charge in [-0.2, -0.15) is 0 Å². The molecule has 26 heavy (non-hydrogen) atoms. The van der Waals surface area contributed by atoms with Crippen molar-refractivity contribution in [2.45, 2.75) is 51.7 Å². The van der Waals surface area contributed by atoms with Gasteiger partial charge in [-0.1, -0.05) is 12.5 Å². The van der Waals surface area contributed by atoms with Crippen LogP contribution in [0.3, 0.4) is 0 Å². The molecular weight excluding hydrogens is 330 g/mol. The van der Waals surface area contributed by atoms with E-state index >= 15 is 0 Å². The van der Waals surface area contributed by atoms with Crippen molar-refractivity contribution in [2.24, 2.45) is 0 Å². The number of fused-ring (bicyclic) bond motifs is 1. The van der Waals surface area contributed by atoms with E-state index in [9.17, 15) is 4.79 Å². The number of carbonyl (C=O) groups excluding carboxylic acids is 1. The van der Waals surface area contributed by atoms with E-state index in [0.717, 1.165) is 36.6 Å². The van der Waals surface area contributed by atoms with Gasteiger partial charge in [-0.3, -0.25) is 0 Å². The van der Waals surface area contributed by atoms with Crippen LogP contribution in [-0.2, 0) is 22.5 Å². The molecule has 0 amide bonds. The monoisotopic (exact) mass is 355 g/mol. The summed E-state index contributed by atoms with van der Waals surface area (Å²) in [5.74, 6) is 2.02. The maximum Gasteiger partial charge on any atom is 0.340 e. The third-order valence-electron chi connectivity index (χ3n) is 4.46. The highest BCUT2D eigenvalue weighted by atomic mass is 16.6. The second-order valence-electron chi connectivity index (χ2n) is 6.44. The molecule has 6 nitrogen and oxygen atoms in total. The topological polar surface area (TPSA) is 66.2 Å². The molecule has 2 aromatic rings. The predicted octanol–water partition coefficient (Wildman–Crippen LogP) is 3.56. The maximum absolute atomic E-state index is 12.1. The van der Waals surface area contributed by atoms with Gasteiger partial charge in [0.15, 0.2) is 11.9 Å². The zero-order valence-electron chi connectivity index (χ0n) is 15.2. The molecule has 0 fully saturated rings. The van der Waals surface area contributed by atoms with Gasteiger partial charge < -0.3 is 14.0 Å². The number of aromatic nitrogens is 3. The first kappa shape index (κ1) is 18.3. The molecule has 0 saturated heterocycles. The van der Waals surface area contributed by atoms with Crippen molar-refractivity contribution in [3.05, 3.63) is 42.7 Å². The average molecular weight is 355 g/mol. The fourth-order valence-corrected chi connectivity index (χ4v) is 2.97. The molecule has 0 bridgehead atoms. The molecule has 1 aliphatic heterocycles. The Morgan fingerprint density at radius 1 is 1.27 bits per heavy atom. The third-order valence-corrected chi connectivity index (χ3v) is 4.46. The number of esters is 1. The molecule has 138 valence electrons. The first-order chi connectivity index (χ1) is 12.7. The van der Waals surface area contributed by atoms with Gasteiger partial charge in [0.1, 0.15) is 11.6 Å². The van der Waals surface area contributed by atoms with Crippen LogP contribution < -0.4 is 4.74 Å². The van der Waals surface area contributed by atoms with E-state index in [-0.39, 0.29) is 0 Å². The zero-order chi connectivity index (χ0) is 18.4. The van der Waals surface area contributed by atoms with E-state index in [0.29, 0.717) is 18.8 Å². The van der Waals surface area contributed by atoms with Crippen molar-refractivity contribution in [2.75, 3.05) is 6.61 Å². The fraction of sp³-hybridized carbons (Fsp3) is 0.450. The number of nitrogens with zero attached hydrogens (tertiary/aromatic N) is 3. The minimum Gasteiger partial charge on any atom is -0.425 e. The zero-order valence-corrected chi connectivity index (χ0v) is 15.2. The van der Waals surface area contributed by atoms with Gasteiger partial charge >= 0.3 is 5.97 Å². The molecule has 1 aromatic carbocycles. The van der Waals surface area contributed by atoms with Gasteiger partial charge in [-0.15, -0.1) is 16.8 Å². The van der Waals surface area contributed by atoms with Crippen molar-refractivity contribution >= 4 is 5.97 Å². The van der Waals surface area contributed by atoms with Gasteiger partial charge in [0, 0.05) is 18.5 Å². The quantitative estimate of drug-likeness (QED) is 0.329. The van der Waals surface area contributed by atoms with Crippen LogP contribution in [0, 0.1) is 0 Å². The molecule has 0 radical (unpaired) electrons. The molecule has 0 N–H and O–H groups in total. The normalized spacial score (nSPS) is 15.0. The highest BCUT2D eigenvalue weighted by Gasteiger charge is 2.18. The summed E-state index contributed by atoms with van der Waals surface area (Å²) in [6.45, 7) is 6.72. The first-order valence-electron chi connectivity index (χ1n) is 9.15. The summed E-state index contributed by atoms with van der Waals surface area (Å²) in [4.78, 5) is 12.1. The number of ether oxygens (including phenoxy) is 2. The lowest BCUT2D eigenvalue weighted by molar-refractivity contribution is -0.146. The molecule has 0 aliphatic carbocycles. The number of hydrogen-bond donors (Lipinski definition) is 0. The molecular formula is C20H25N3O3. The Balaban J connectivity index is 1.65. The SMILES string of the molecule is C=CCCOC(C)C(=O)Oc1ccc(-c2nnc3n2CCCCC3)cc1. The van der Waals surface area contributed by atoms with Crippen molar-refractivity contribution in [1.82, 2.24) is 14.8 Å². The van der Waals surface area contributed by atoms with Crippen molar-refractivity contribution in [3.63, 3.8) is 0 Å². The van der Waals surface area contributed by atoms with Crippen LogP contribution in [0.1, 0.15) is 38.4 Å². The molecule has 1 unspecified atom stereocenters. The number of carbonyl (C=O) groups is 1. The Kier molecular flexibility index (Phi) is 6.17. The summed E-state index contributed by atoms with van der Waals surface area (Å²) in [6.07, 6.45) is 6.37. The van der Waals surface area contributed by atoms with Gasteiger partial charge in [0.05, 0.1) is 6.61 Å². The predicted molar refractivity (Wildman–Crippen MR) is 98.9 cm³/mol. The lowest BCUT2D eigenvalue weighted by atomic mass is 10.2. The van der Waals surface area contributed by atoms with Crippen molar-refractivity contribution < 1.29 is 14.3 Å². The summed E-state index contributed by atoms with van der Waals surface area (Å²) in [6, 6.07) is 7.38. The van der Waals surface area contributed by atoms with Crippen molar-refractivity contribution in [3.8, 4) is 17.1 Å². The minimum atomic E-state index is -0.609. The molecule has 1 aromatic heterocycles. The lowest BCUT2D eigenvalue weighted by Gasteiger charge is -2.12. The number of benzene rings is 1. The highest BCUT2D eigenvalue weighted by molar-refractivity contribution is 5.77. The largest absolute Gasteiger partial charge is 0.425 e. The molecule has 2 heterocycles. The van der Waals surface area contributed by atoms with E-state index in [2.05, 4.69) is 21.3 Å². The molecule has 3 rings (SSSR count). The smallest absolute Gasteiger partial charge is 0.340 e. The van der Waals surface area contributed by atoms with Crippen LogP contribution in [0.15, 0.2) is 36.9 Å². The second-order valence-corrected chi connectivity index (χ2v) is 6.44. The maximum atomic E-state index is 12.1. The summed E-state index contributed by atoms with van der Waals surface area (Å²) in [5.41, 5.74) is 0.973. The second kappa shape index (κ2) is 8.76. The van der Waals surface area contributed by atoms with Gasteiger partial charge in [-0.25, -0.2) is 4.79 Å². The van der Waals surface area contributed by atoms with Crippen LogP contribution in [0.2, 0.25) is 0 Å². The van der Waals surface area contributed by atoms with Gasteiger partial charge in [-0.05, 0) is 50.5 Å². The van der Waals surface area contributed by atoms with E-state index in [1.165, 1.54) is 12.8 Å². The van der Waals surface area contributed by atoms with Crippen LogP contribution in [-0.4, -0.2) is 33.4 Å². The average Bonchev–Trinajstić information content (AvgIpc) is 2.90. The first-order valence-corrected chi connectivity index (χ1v) is 9.15. The van der Waals surface area contributed by atoms with Crippen LogP contribution in [0.25, 0.3) is 11.4 Å². The van der Waals surface area contributed by atoms with E-state index < -0.39 is 12.1 Å². The third kappa shape index (κ3) is 4.38. The van der Waals surface area contributed by atoms with E-state index in [4.69, 9.17) is 9.47 Å². The Bertz CT molecular complexity index is 752. The Morgan fingerprint density at radius 3 is 2.85 bits per heavy atom. The van der Waals surface area contributed by atoms with Crippen molar-refractivity contribution in [1.29, 1.82) is 0 Å². The Hall–Kier alpha value is -2.47. The Morgan fingerprint density at radius 2 is 2.08 bits per heavy atom. The Labute approximate surface area is 153 Å². The molecule has 1 atom stereocenters. The number of rotatable bonds is 7. The summed E-state index contributed by atoms with van der Waals surface area (Å²) in [5, 5.41) is 8.67. The summed E-state index contributed by atoms with van der Waals surface area (Å²) in [7, 11) is 0. The lowest BCUT2D eigenvalue weighted by Crippen LogP contribution is -2.26.